The van der Waals surface area contributed by atoms with Crippen molar-refractivity contribution in [3.05, 3.63) is 29.8 Å². The number of nitrogens with zero attached hydrogens (tertiary/aromatic N) is 8. The number of hydrogen-bond donors (Lipinski definition) is 0. The van der Waals surface area contributed by atoms with E-state index in [-0.39, 0.29) is 0 Å². The number of aryl methyl sites for hydroxylation is 1. The van der Waals surface area contributed by atoms with Crippen LogP contribution in [0, 0.1) is 11.3 Å². The summed E-state index contributed by atoms with van der Waals surface area (Å²) in [5, 5.41) is 9.27. The molecule has 4 rings (SSSR count). The van der Waals surface area contributed by atoms with E-state index in [4.69, 9.17) is 14.7 Å². The molecule has 0 N–H and O–H groups in total. The van der Waals surface area contributed by atoms with Crippen LogP contribution >= 0.6 is 0 Å². The van der Waals surface area contributed by atoms with Gasteiger partial charge in [-0.1, -0.05) is 6.92 Å². The van der Waals surface area contributed by atoms with Crippen LogP contribution in [0.4, 0.5) is 17.6 Å². The third kappa shape index (κ3) is 3.82. The summed E-state index contributed by atoms with van der Waals surface area (Å²) in [5.74, 6) is 2.42. The second kappa shape index (κ2) is 8.35. The summed E-state index contributed by atoms with van der Waals surface area (Å²) in [5.41, 5.74) is 1.43. The van der Waals surface area contributed by atoms with Gasteiger partial charge in [0.15, 0.2) is 11.5 Å². The first-order valence-electron chi connectivity index (χ1n) is 9.70. The van der Waals surface area contributed by atoms with Crippen LogP contribution in [0.15, 0.2) is 18.5 Å². The minimum Gasteiger partial charge on any atom is -0.378 e. The Kier molecular flexibility index (Phi) is 5.48. The molecule has 2 aliphatic rings. The maximum atomic E-state index is 9.27. The Morgan fingerprint density at radius 2 is 1.68 bits per heavy atom. The zero-order valence-corrected chi connectivity index (χ0v) is 16.1. The smallest absolute Gasteiger partial charge is 0.227 e. The lowest BCUT2D eigenvalue weighted by Crippen LogP contribution is -2.47. The highest BCUT2D eigenvalue weighted by atomic mass is 16.5. The standard InChI is InChI=1S/C19H24N8O/c1-2-15-13-17(24-19(23-15)27-9-11-28-12-10-27)25-5-7-26(8-6-25)18-16(14-20)21-3-4-22-18/h3-4,13H,2,5-12H2,1H3. The summed E-state index contributed by atoms with van der Waals surface area (Å²) in [4.78, 5) is 24.6. The Labute approximate surface area is 164 Å². The lowest BCUT2D eigenvalue weighted by molar-refractivity contribution is 0.122. The minimum atomic E-state index is 0.376. The maximum absolute atomic E-state index is 9.27. The molecule has 0 bridgehead atoms. The van der Waals surface area contributed by atoms with Crippen LogP contribution in [-0.2, 0) is 11.2 Å². The van der Waals surface area contributed by atoms with Crippen LogP contribution in [-0.4, -0.2) is 72.4 Å². The van der Waals surface area contributed by atoms with Crippen molar-refractivity contribution in [2.45, 2.75) is 13.3 Å². The largest absolute Gasteiger partial charge is 0.378 e. The molecule has 2 aromatic heterocycles. The Balaban J connectivity index is 1.50. The molecule has 0 radical (unpaired) electrons. The molecule has 9 heteroatoms. The molecule has 4 heterocycles. The fraction of sp³-hybridized carbons (Fsp3) is 0.526. The fourth-order valence-electron chi connectivity index (χ4n) is 3.51. The molecule has 2 aromatic rings. The van der Waals surface area contributed by atoms with Gasteiger partial charge in [-0.05, 0) is 6.42 Å². The monoisotopic (exact) mass is 380 g/mol. The number of nitriles is 1. The van der Waals surface area contributed by atoms with Gasteiger partial charge in [0, 0.05) is 63.4 Å². The number of aromatic nitrogens is 4. The van der Waals surface area contributed by atoms with Crippen molar-refractivity contribution >= 4 is 17.6 Å². The first-order valence-corrected chi connectivity index (χ1v) is 9.70. The first kappa shape index (κ1) is 18.4. The number of morpholine rings is 1. The van der Waals surface area contributed by atoms with Crippen molar-refractivity contribution in [2.24, 2.45) is 0 Å². The molecule has 28 heavy (non-hydrogen) atoms. The third-order valence-corrected chi connectivity index (χ3v) is 5.10. The Bertz CT molecular complexity index is 853. The van der Waals surface area contributed by atoms with Crippen LogP contribution in [0.1, 0.15) is 18.3 Å². The zero-order chi connectivity index (χ0) is 19.3. The lowest BCUT2D eigenvalue weighted by Gasteiger charge is -2.36. The molecular formula is C19H24N8O. The van der Waals surface area contributed by atoms with E-state index in [1.807, 2.05) is 0 Å². The van der Waals surface area contributed by atoms with Crippen LogP contribution in [0.3, 0.4) is 0 Å². The molecule has 2 saturated heterocycles. The van der Waals surface area contributed by atoms with Crippen LogP contribution in [0.25, 0.3) is 0 Å². The minimum absolute atomic E-state index is 0.376. The number of piperazine rings is 1. The first-order chi connectivity index (χ1) is 13.8. The van der Waals surface area contributed by atoms with E-state index >= 15 is 0 Å². The topological polar surface area (TPSA) is 94.3 Å². The van der Waals surface area contributed by atoms with Crippen LogP contribution in [0.2, 0.25) is 0 Å². The number of anilines is 3. The van der Waals surface area contributed by atoms with E-state index in [0.29, 0.717) is 24.7 Å². The summed E-state index contributed by atoms with van der Waals surface area (Å²) >= 11 is 0. The van der Waals surface area contributed by atoms with E-state index in [1.165, 1.54) is 0 Å². The molecular weight excluding hydrogens is 356 g/mol. The van der Waals surface area contributed by atoms with Crippen LogP contribution < -0.4 is 14.7 Å². The molecule has 0 spiro atoms. The van der Waals surface area contributed by atoms with Crippen molar-refractivity contribution in [1.82, 2.24) is 19.9 Å². The van der Waals surface area contributed by atoms with Gasteiger partial charge in [-0.3, -0.25) is 0 Å². The van der Waals surface area contributed by atoms with E-state index in [1.54, 1.807) is 12.4 Å². The average Bonchev–Trinajstić information content (AvgIpc) is 2.79. The van der Waals surface area contributed by atoms with Gasteiger partial charge in [0.1, 0.15) is 11.9 Å². The van der Waals surface area contributed by atoms with Crippen molar-refractivity contribution in [1.29, 1.82) is 5.26 Å². The number of hydrogen-bond acceptors (Lipinski definition) is 9. The van der Waals surface area contributed by atoms with E-state index < -0.39 is 0 Å². The van der Waals surface area contributed by atoms with Crippen molar-refractivity contribution < 1.29 is 4.74 Å². The molecule has 0 unspecified atom stereocenters. The van der Waals surface area contributed by atoms with Gasteiger partial charge >= 0.3 is 0 Å². The van der Waals surface area contributed by atoms with Gasteiger partial charge in [-0.15, -0.1) is 0 Å². The summed E-state index contributed by atoms with van der Waals surface area (Å²) in [6.07, 6.45) is 4.06. The Hall–Kier alpha value is -2.99. The van der Waals surface area contributed by atoms with Gasteiger partial charge < -0.3 is 19.4 Å². The Morgan fingerprint density at radius 3 is 2.39 bits per heavy atom. The molecule has 0 aliphatic carbocycles. The SMILES string of the molecule is CCc1cc(N2CCN(c3nccnc3C#N)CC2)nc(N2CCOCC2)n1. The van der Waals surface area contributed by atoms with E-state index in [9.17, 15) is 5.26 Å². The highest BCUT2D eigenvalue weighted by Crippen LogP contribution is 2.22. The van der Waals surface area contributed by atoms with E-state index in [2.05, 4.69) is 43.7 Å². The van der Waals surface area contributed by atoms with Gasteiger partial charge in [0.05, 0.1) is 13.2 Å². The molecule has 146 valence electrons. The summed E-state index contributed by atoms with van der Waals surface area (Å²) in [7, 11) is 0. The molecule has 9 nitrogen and oxygen atoms in total. The molecule has 2 fully saturated rings. The van der Waals surface area contributed by atoms with Crippen molar-refractivity contribution in [2.75, 3.05) is 67.2 Å². The Morgan fingerprint density at radius 1 is 0.964 bits per heavy atom. The van der Waals surface area contributed by atoms with Gasteiger partial charge in [0.2, 0.25) is 5.95 Å². The summed E-state index contributed by atoms with van der Waals surface area (Å²) in [6.45, 7) is 8.35. The molecule has 0 aromatic carbocycles. The van der Waals surface area contributed by atoms with E-state index in [0.717, 1.165) is 63.1 Å². The second-order valence-corrected chi connectivity index (χ2v) is 6.78. The average molecular weight is 380 g/mol. The number of ether oxygens (including phenoxy) is 1. The normalized spacial score (nSPS) is 17.5. The fourth-order valence-corrected chi connectivity index (χ4v) is 3.51. The highest BCUT2D eigenvalue weighted by Gasteiger charge is 2.23. The van der Waals surface area contributed by atoms with Gasteiger partial charge in [0.25, 0.3) is 0 Å². The van der Waals surface area contributed by atoms with Crippen molar-refractivity contribution in [3.8, 4) is 6.07 Å². The maximum Gasteiger partial charge on any atom is 0.227 e. The summed E-state index contributed by atoms with van der Waals surface area (Å²) in [6, 6.07) is 4.22. The third-order valence-electron chi connectivity index (χ3n) is 5.10. The summed E-state index contributed by atoms with van der Waals surface area (Å²) < 4.78 is 5.45. The molecule has 0 saturated carbocycles. The lowest BCUT2D eigenvalue weighted by atomic mass is 10.2. The molecule has 0 amide bonds. The zero-order valence-electron chi connectivity index (χ0n) is 16.1. The van der Waals surface area contributed by atoms with Crippen LogP contribution in [0.5, 0.6) is 0 Å². The molecule has 2 aliphatic heterocycles. The second-order valence-electron chi connectivity index (χ2n) is 6.78. The number of rotatable bonds is 4. The van der Waals surface area contributed by atoms with Gasteiger partial charge in [-0.25, -0.2) is 15.0 Å². The van der Waals surface area contributed by atoms with Crippen molar-refractivity contribution in [3.63, 3.8) is 0 Å². The molecule has 0 atom stereocenters. The highest BCUT2D eigenvalue weighted by molar-refractivity contribution is 5.52. The predicted octanol–water partition coefficient (Wildman–Crippen LogP) is 0.864. The quantitative estimate of drug-likeness (QED) is 0.765. The van der Waals surface area contributed by atoms with Gasteiger partial charge in [-0.2, -0.15) is 10.2 Å². The predicted molar refractivity (Wildman–Crippen MR) is 106 cm³/mol.